The quantitative estimate of drug-likeness (QED) is 0.613. The third kappa shape index (κ3) is 8.21. The molecule has 1 rings (SSSR count). The van der Waals surface area contributed by atoms with E-state index in [9.17, 15) is 8.42 Å². The molecular formula is C19H34N2O3S. The van der Waals surface area contributed by atoms with Crippen LogP contribution in [0.15, 0.2) is 24.3 Å². The first-order valence-electron chi connectivity index (χ1n) is 9.13. The first-order chi connectivity index (χ1) is 11.8. The van der Waals surface area contributed by atoms with Crippen molar-refractivity contribution in [2.24, 2.45) is 11.8 Å². The van der Waals surface area contributed by atoms with Gasteiger partial charge in [0.1, 0.15) is 5.75 Å². The smallest absolute Gasteiger partial charge is 0.279 e. The average molecular weight is 371 g/mol. The van der Waals surface area contributed by atoms with Gasteiger partial charge in [-0.3, -0.25) is 0 Å². The third-order valence-electron chi connectivity index (χ3n) is 4.12. The topological polar surface area (TPSA) is 58.6 Å². The monoisotopic (exact) mass is 370 g/mol. The van der Waals surface area contributed by atoms with E-state index in [-0.39, 0.29) is 0 Å². The molecule has 0 aromatic heterocycles. The lowest BCUT2D eigenvalue weighted by atomic mass is 10.1. The van der Waals surface area contributed by atoms with Gasteiger partial charge in [0.05, 0.1) is 7.11 Å². The molecule has 1 N–H and O–H groups in total. The zero-order valence-corrected chi connectivity index (χ0v) is 17.1. The molecule has 0 amide bonds. The summed E-state index contributed by atoms with van der Waals surface area (Å²) in [5.41, 5.74) is 1.00. The molecular weight excluding hydrogens is 336 g/mol. The molecule has 144 valence electrons. The standard InChI is InChI=1S/C19H34N2O3S/c1-16(2)11-14-21(15-12-17(3)4)25(22,23)20-13-10-18-8-6-7-9-19(18)24-5/h6-9,16-17,20H,10-15H2,1-5H3. The molecule has 0 saturated carbocycles. The Balaban J connectivity index is 2.66. The van der Waals surface area contributed by atoms with Gasteiger partial charge >= 0.3 is 0 Å². The Morgan fingerprint density at radius 2 is 1.60 bits per heavy atom. The number of hydrogen-bond acceptors (Lipinski definition) is 3. The fourth-order valence-electron chi connectivity index (χ4n) is 2.47. The van der Waals surface area contributed by atoms with E-state index in [0.717, 1.165) is 24.2 Å². The van der Waals surface area contributed by atoms with Crippen LogP contribution >= 0.6 is 0 Å². The number of nitrogens with one attached hydrogen (secondary N) is 1. The Bertz CT molecular complexity index is 588. The number of methoxy groups -OCH3 is 1. The summed E-state index contributed by atoms with van der Waals surface area (Å²) in [5.74, 6) is 1.74. The van der Waals surface area contributed by atoms with Crippen LogP contribution in [0.4, 0.5) is 0 Å². The lowest BCUT2D eigenvalue weighted by Gasteiger charge is -2.24. The fourth-order valence-corrected chi connectivity index (χ4v) is 3.71. The maximum absolute atomic E-state index is 12.7. The lowest BCUT2D eigenvalue weighted by Crippen LogP contribution is -2.43. The Morgan fingerprint density at radius 1 is 1.04 bits per heavy atom. The van der Waals surface area contributed by atoms with Gasteiger partial charge in [0.15, 0.2) is 0 Å². The van der Waals surface area contributed by atoms with E-state index in [1.54, 1.807) is 11.4 Å². The van der Waals surface area contributed by atoms with Gasteiger partial charge in [0, 0.05) is 19.6 Å². The van der Waals surface area contributed by atoms with E-state index in [1.165, 1.54) is 0 Å². The minimum atomic E-state index is -3.46. The first kappa shape index (κ1) is 21.9. The summed E-state index contributed by atoms with van der Waals surface area (Å²) >= 11 is 0. The Labute approximate surface area is 153 Å². The molecule has 0 aliphatic carbocycles. The van der Waals surface area contributed by atoms with Crippen LogP contribution in [0.25, 0.3) is 0 Å². The van der Waals surface area contributed by atoms with Crippen LogP contribution in [0.3, 0.4) is 0 Å². The van der Waals surface area contributed by atoms with Crippen molar-refractivity contribution in [1.82, 2.24) is 9.03 Å². The number of hydrogen-bond donors (Lipinski definition) is 1. The second-order valence-corrected chi connectivity index (χ2v) is 8.98. The molecule has 25 heavy (non-hydrogen) atoms. The highest BCUT2D eigenvalue weighted by molar-refractivity contribution is 7.87. The van der Waals surface area contributed by atoms with Crippen molar-refractivity contribution in [1.29, 1.82) is 0 Å². The van der Waals surface area contributed by atoms with Crippen LogP contribution in [0.5, 0.6) is 5.75 Å². The van der Waals surface area contributed by atoms with Gasteiger partial charge in [0.25, 0.3) is 10.2 Å². The molecule has 6 heteroatoms. The number of para-hydroxylation sites is 1. The van der Waals surface area contributed by atoms with Crippen molar-refractivity contribution in [2.75, 3.05) is 26.7 Å². The van der Waals surface area contributed by atoms with Crippen LogP contribution in [0.2, 0.25) is 0 Å². The molecule has 1 aromatic carbocycles. The van der Waals surface area contributed by atoms with E-state index < -0.39 is 10.2 Å². The van der Waals surface area contributed by atoms with Crippen molar-refractivity contribution >= 4 is 10.2 Å². The predicted molar refractivity (Wildman–Crippen MR) is 104 cm³/mol. The van der Waals surface area contributed by atoms with Gasteiger partial charge in [-0.05, 0) is 42.7 Å². The second kappa shape index (κ2) is 10.8. The molecule has 0 saturated heterocycles. The van der Waals surface area contributed by atoms with Crippen molar-refractivity contribution in [2.45, 2.75) is 47.0 Å². The molecule has 0 bridgehead atoms. The van der Waals surface area contributed by atoms with E-state index in [1.807, 2.05) is 24.3 Å². The van der Waals surface area contributed by atoms with Crippen molar-refractivity contribution in [3.05, 3.63) is 29.8 Å². The number of nitrogens with zero attached hydrogens (tertiary/aromatic N) is 1. The van der Waals surface area contributed by atoms with E-state index >= 15 is 0 Å². The maximum Gasteiger partial charge on any atom is 0.279 e. The van der Waals surface area contributed by atoms with E-state index in [4.69, 9.17) is 4.74 Å². The zero-order chi connectivity index (χ0) is 18.9. The highest BCUT2D eigenvalue weighted by Gasteiger charge is 2.21. The summed E-state index contributed by atoms with van der Waals surface area (Å²) in [6.45, 7) is 9.95. The Kier molecular flexibility index (Phi) is 9.46. The summed E-state index contributed by atoms with van der Waals surface area (Å²) in [6.07, 6.45) is 2.34. The summed E-state index contributed by atoms with van der Waals surface area (Å²) in [6, 6.07) is 7.69. The molecule has 0 radical (unpaired) electrons. The zero-order valence-electron chi connectivity index (χ0n) is 16.3. The molecule has 0 atom stereocenters. The van der Waals surface area contributed by atoms with E-state index in [0.29, 0.717) is 37.9 Å². The predicted octanol–water partition coefficient (Wildman–Crippen LogP) is 3.47. The van der Waals surface area contributed by atoms with Gasteiger partial charge in [0.2, 0.25) is 0 Å². The molecule has 0 unspecified atom stereocenters. The fraction of sp³-hybridized carbons (Fsp3) is 0.684. The molecule has 0 aliphatic heterocycles. The number of ether oxygens (including phenoxy) is 1. The van der Waals surface area contributed by atoms with Crippen molar-refractivity contribution < 1.29 is 13.2 Å². The summed E-state index contributed by atoms with van der Waals surface area (Å²) in [4.78, 5) is 0. The van der Waals surface area contributed by atoms with Gasteiger partial charge < -0.3 is 4.74 Å². The minimum absolute atomic E-state index is 0.364. The molecule has 0 aliphatic rings. The van der Waals surface area contributed by atoms with Gasteiger partial charge in [-0.2, -0.15) is 12.7 Å². The molecule has 0 spiro atoms. The van der Waals surface area contributed by atoms with Crippen LogP contribution in [0.1, 0.15) is 46.1 Å². The van der Waals surface area contributed by atoms with Gasteiger partial charge in [-0.15, -0.1) is 0 Å². The Hall–Kier alpha value is -1.11. The third-order valence-corrected chi connectivity index (χ3v) is 5.74. The maximum atomic E-state index is 12.7. The van der Waals surface area contributed by atoms with Crippen molar-refractivity contribution in [3.8, 4) is 5.75 Å². The molecule has 5 nitrogen and oxygen atoms in total. The lowest BCUT2D eigenvalue weighted by molar-refractivity contribution is 0.352. The second-order valence-electron chi connectivity index (χ2n) is 7.23. The van der Waals surface area contributed by atoms with Crippen molar-refractivity contribution in [3.63, 3.8) is 0 Å². The SMILES string of the molecule is COc1ccccc1CCNS(=O)(=O)N(CCC(C)C)CCC(C)C. The van der Waals surface area contributed by atoms with Crippen LogP contribution < -0.4 is 9.46 Å². The average Bonchev–Trinajstić information content (AvgIpc) is 2.54. The Morgan fingerprint density at radius 3 is 2.12 bits per heavy atom. The summed E-state index contributed by atoms with van der Waals surface area (Å²) in [7, 11) is -1.83. The van der Waals surface area contributed by atoms with Crippen LogP contribution in [-0.4, -0.2) is 39.5 Å². The number of rotatable bonds is 12. The highest BCUT2D eigenvalue weighted by Crippen LogP contribution is 2.17. The van der Waals surface area contributed by atoms with E-state index in [2.05, 4.69) is 32.4 Å². The normalized spacial score (nSPS) is 12.3. The number of benzene rings is 1. The summed E-state index contributed by atoms with van der Waals surface area (Å²) in [5, 5.41) is 0. The van der Waals surface area contributed by atoms with Crippen LogP contribution in [-0.2, 0) is 16.6 Å². The van der Waals surface area contributed by atoms with Gasteiger partial charge in [-0.25, -0.2) is 4.72 Å². The molecule has 0 heterocycles. The largest absolute Gasteiger partial charge is 0.496 e. The van der Waals surface area contributed by atoms with Gasteiger partial charge in [-0.1, -0.05) is 45.9 Å². The highest BCUT2D eigenvalue weighted by atomic mass is 32.2. The first-order valence-corrected chi connectivity index (χ1v) is 10.6. The molecule has 0 fully saturated rings. The minimum Gasteiger partial charge on any atom is -0.496 e. The molecule has 1 aromatic rings. The summed E-state index contributed by atoms with van der Waals surface area (Å²) < 4.78 is 35.0. The van der Waals surface area contributed by atoms with Crippen LogP contribution in [0, 0.1) is 11.8 Å².